The van der Waals surface area contributed by atoms with Crippen molar-refractivity contribution in [1.82, 2.24) is 4.90 Å². The van der Waals surface area contributed by atoms with E-state index < -0.39 is 6.10 Å². The van der Waals surface area contributed by atoms with Gasteiger partial charge < -0.3 is 10.2 Å². The van der Waals surface area contributed by atoms with Gasteiger partial charge in [0, 0.05) is 6.04 Å². The van der Waals surface area contributed by atoms with Crippen molar-refractivity contribution in [1.29, 1.82) is 0 Å². The van der Waals surface area contributed by atoms with E-state index in [9.17, 15) is 10.2 Å². The summed E-state index contributed by atoms with van der Waals surface area (Å²) >= 11 is 0. The van der Waals surface area contributed by atoms with Crippen molar-refractivity contribution in [2.24, 2.45) is 5.92 Å². The van der Waals surface area contributed by atoms with Gasteiger partial charge in [-0.25, -0.2) is 0 Å². The summed E-state index contributed by atoms with van der Waals surface area (Å²) in [5.41, 5.74) is 2.29. The summed E-state index contributed by atoms with van der Waals surface area (Å²) in [6.45, 7) is 8.16. The summed E-state index contributed by atoms with van der Waals surface area (Å²) in [5.74, 6) is 0.974. The first kappa shape index (κ1) is 20.5. The topological polar surface area (TPSA) is 43.7 Å². The van der Waals surface area contributed by atoms with Crippen LogP contribution < -0.4 is 0 Å². The van der Waals surface area contributed by atoms with Crippen LogP contribution in [-0.4, -0.2) is 34.2 Å². The van der Waals surface area contributed by atoms with E-state index in [-0.39, 0.29) is 11.8 Å². The van der Waals surface area contributed by atoms with Crippen LogP contribution >= 0.6 is 0 Å². The summed E-state index contributed by atoms with van der Waals surface area (Å²) < 4.78 is 0. The van der Waals surface area contributed by atoms with Gasteiger partial charge in [-0.15, -0.1) is 0 Å². The molecule has 2 aromatic rings. The van der Waals surface area contributed by atoms with Crippen LogP contribution in [0.25, 0.3) is 0 Å². The summed E-state index contributed by atoms with van der Waals surface area (Å²) in [5, 5.41) is 20.0. The van der Waals surface area contributed by atoms with Crippen molar-refractivity contribution in [3.05, 3.63) is 65.7 Å². The molecule has 2 atom stereocenters. The minimum Gasteiger partial charge on any atom is -0.508 e. The molecule has 3 heteroatoms. The molecule has 2 N–H and O–H groups in total. The van der Waals surface area contributed by atoms with Gasteiger partial charge in [-0.2, -0.15) is 0 Å². The molecule has 0 radical (unpaired) electrons. The minimum atomic E-state index is -0.517. The normalized spacial score (nSPS) is 17.8. The first-order chi connectivity index (χ1) is 12.6. The first-order valence-electron chi connectivity index (χ1n) is 9.88. The van der Waals surface area contributed by atoms with Crippen LogP contribution in [0.2, 0.25) is 0 Å². The lowest BCUT2D eigenvalue weighted by molar-refractivity contribution is 0.0373. The van der Waals surface area contributed by atoms with Crippen molar-refractivity contribution in [2.75, 3.05) is 13.1 Å². The molecule has 1 aliphatic rings. The fourth-order valence-corrected chi connectivity index (χ4v) is 3.66. The van der Waals surface area contributed by atoms with Crippen LogP contribution in [0.15, 0.2) is 54.6 Å². The number of piperidine rings is 1. The number of hydrogen-bond acceptors (Lipinski definition) is 3. The van der Waals surface area contributed by atoms with Crippen LogP contribution in [0, 0.1) is 5.92 Å². The van der Waals surface area contributed by atoms with Crippen molar-refractivity contribution in [3.63, 3.8) is 0 Å². The molecule has 0 bridgehead atoms. The van der Waals surface area contributed by atoms with E-state index in [0.717, 1.165) is 31.0 Å². The van der Waals surface area contributed by atoms with Gasteiger partial charge in [0.1, 0.15) is 5.75 Å². The predicted molar refractivity (Wildman–Crippen MR) is 108 cm³/mol. The molecule has 0 aliphatic carbocycles. The average Bonchev–Trinajstić information content (AvgIpc) is 2.70. The highest BCUT2D eigenvalue weighted by Crippen LogP contribution is 2.28. The zero-order valence-electron chi connectivity index (χ0n) is 16.3. The molecule has 1 aliphatic heterocycles. The molecule has 1 heterocycles. The third-order valence-electron chi connectivity index (χ3n) is 5.28. The lowest BCUT2D eigenvalue weighted by Gasteiger charge is -2.38. The van der Waals surface area contributed by atoms with Crippen LogP contribution in [0.5, 0.6) is 5.75 Å². The molecule has 0 spiro atoms. The molecule has 2 unspecified atom stereocenters. The number of hydrogen-bond donors (Lipinski definition) is 2. The smallest absolute Gasteiger partial charge is 0.115 e. The maximum atomic E-state index is 10.6. The lowest BCUT2D eigenvalue weighted by Crippen LogP contribution is -2.43. The largest absolute Gasteiger partial charge is 0.508 e. The Morgan fingerprint density at radius 1 is 0.962 bits per heavy atom. The summed E-state index contributed by atoms with van der Waals surface area (Å²) in [4.78, 5) is 2.39. The molecule has 1 saturated heterocycles. The first-order valence-corrected chi connectivity index (χ1v) is 9.88. The van der Waals surface area contributed by atoms with Gasteiger partial charge in [0.25, 0.3) is 0 Å². The molecule has 0 saturated carbocycles. The average molecular weight is 356 g/mol. The van der Waals surface area contributed by atoms with Crippen LogP contribution in [0.3, 0.4) is 0 Å². The highest BCUT2D eigenvalue weighted by molar-refractivity contribution is 5.28. The number of aromatic hydroxyl groups is 1. The fourth-order valence-electron chi connectivity index (χ4n) is 3.66. The van der Waals surface area contributed by atoms with Gasteiger partial charge in [0.05, 0.1) is 6.10 Å². The van der Waals surface area contributed by atoms with E-state index in [0.29, 0.717) is 0 Å². The molecule has 0 amide bonds. The standard InChI is InChI=1S/C21H27NO2.C2H6/c1-16(21(24)19-7-9-20(23)10-8-19)22-13-11-18(12-14-22)15-17-5-3-2-4-6-17;1-2/h2-10,16,18,21,23-24H,11-15H2,1H3;1-2H3. The third kappa shape index (κ3) is 5.58. The fraction of sp³-hybridized carbons (Fsp3) is 0.478. The Morgan fingerprint density at radius 3 is 2.12 bits per heavy atom. The van der Waals surface area contributed by atoms with Gasteiger partial charge in [-0.05, 0) is 68.5 Å². The van der Waals surface area contributed by atoms with Gasteiger partial charge in [-0.1, -0.05) is 56.3 Å². The van der Waals surface area contributed by atoms with Gasteiger partial charge >= 0.3 is 0 Å². The monoisotopic (exact) mass is 355 g/mol. The van der Waals surface area contributed by atoms with Crippen molar-refractivity contribution in [3.8, 4) is 5.75 Å². The van der Waals surface area contributed by atoms with Gasteiger partial charge in [0.2, 0.25) is 0 Å². The number of benzene rings is 2. The highest BCUT2D eigenvalue weighted by atomic mass is 16.3. The lowest BCUT2D eigenvalue weighted by atomic mass is 9.89. The Morgan fingerprint density at radius 2 is 1.54 bits per heavy atom. The van der Waals surface area contributed by atoms with Crippen LogP contribution in [0.1, 0.15) is 50.8 Å². The maximum Gasteiger partial charge on any atom is 0.115 e. The Labute approximate surface area is 158 Å². The molecule has 26 heavy (non-hydrogen) atoms. The third-order valence-corrected chi connectivity index (χ3v) is 5.28. The second-order valence-electron chi connectivity index (χ2n) is 6.95. The summed E-state index contributed by atoms with van der Waals surface area (Å²) in [6, 6.07) is 17.7. The quantitative estimate of drug-likeness (QED) is 0.810. The van der Waals surface area contributed by atoms with E-state index in [1.807, 2.05) is 13.8 Å². The van der Waals surface area contributed by atoms with E-state index in [4.69, 9.17) is 0 Å². The SMILES string of the molecule is CC.CC(C(O)c1ccc(O)cc1)N1CCC(Cc2ccccc2)CC1. The number of phenols is 1. The number of likely N-dealkylation sites (tertiary alicyclic amines) is 1. The maximum absolute atomic E-state index is 10.6. The molecule has 3 nitrogen and oxygen atoms in total. The number of aliphatic hydroxyl groups is 1. The van der Waals surface area contributed by atoms with E-state index >= 15 is 0 Å². The zero-order valence-corrected chi connectivity index (χ0v) is 16.3. The zero-order chi connectivity index (χ0) is 18.9. The van der Waals surface area contributed by atoms with E-state index in [1.165, 1.54) is 18.4 Å². The highest BCUT2D eigenvalue weighted by Gasteiger charge is 2.27. The number of nitrogens with zero attached hydrogens (tertiary/aromatic N) is 1. The van der Waals surface area contributed by atoms with E-state index in [2.05, 4.69) is 42.2 Å². The van der Waals surface area contributed by atoms with Gasteiger partial charge in [0.15, 0.2) is 0 Å². The predicted octanol–water partition coefficient (Wildman–Crippen LogP) is 4.80. The molecular formula is C23H33NO2. The van der Waals surface area contributed by atoms with Crippen molar-refractivity contribution in [2.45, 2.75) is 52.2 Å². The summed E-state index contributed by atoms with van der Waals surface area (Å²) in [7, 11) is 0. The summed E-state index contributed by atoms with van der Waals surface area (Å²) in [6.07, 6.45) is 3.00. The Kier molecular flexibility index (Phi) is 8.14. The Balaban J connectivity index is 0.00000117. The molecule has 3 rings (SSSR count). The Hall–Kier alpha value is -1.84. The molecule has 2 aromatic carbocycles. The van der Waals surface area contributed by atoms with Gasteiger partial charge in [-0.3, -0.25) is 4.90 Å². The van der Waals surface area contributed by atoms with Crippen molar-refractivity contribution >= 4 is 0 Å². The van der Waals surface area contributed by atoms with Crippen LogP contribution in [-0.2, 0) is 6.42 Å². The molecule has 142 valence electrons. The minimum absolute atomic E-state index is 0.0900. The second-order valence-corrected chi connectivity index (χ2v) is 6.95. The molecular weight excluding hydrogens is 322 g/mol. The Bertz CT molecular complexity index is 618. The molecule has 0 aromatic heterocycles. The number of aliphatic hydroxyl groups excluding tert-OH is 1. The second kappa shape index (κ2) is 10.3. The number of rotatable bonds is 5. The van der Waals surface area contributed by atoms with E-state index in [1.54, 1.807) is 24.3 Å². The van der Waals surface area contributed by atoms with Crippen molar-refractivity contribution < 1.29 is 10.2 Å². The number of phenolic OH excluding ortho intramolecular Hbond substituents is 1. The van der Waals surface area contributed by atoms with Crippen LogP contribution in [0.4, 0.5) is 0 Å². The molecule has 1 fully saturated rings.